The van der Waals surface area contributed by atoms with Crippen molar-refractivity contribution in [3.05, 3.63) is 89.5 Å². The summed E-state index contributed by atoms with van der Waals surface area (Å²) in [5, 5.41) is 0. The van der Waals surface area contributed by atoms with Gasteiger partial charge in [0.05, 0.1) is 7.11 Å². The Balaban J connectivity index is 1.47. The highest BCUT2D eigenvalue weighted by Crippen LogP contribution is 2.29. The normalized spacial score (nSPS) is 12.5. The number of carbonyl (C=O) groups excluding carboxylic acids is 1. The molecule has 0 aromatic heterocycles. The number of benzene rings is 3. The van der Waals surface area contributed by atoms with Crippen LogP contribution in [0.5, 0.6) is 17.2 Å². The van der Waals surface area contributed by atoms with Crippen LogP contribution in [0.4, 0.5) is 4.79 Å². The summed E-state index contributed by atoms with van der Waals surface area (Å²) in [6, 6.07) is 27.1. The van der Waals surface area contributed by atoms with Crippen LogP contribution in [-0.2, 0) is 27.5 Å². The predicted molar refractivity (Wildman–Crippen MR) is 210 cm³/mol. The number of aryl methyl sites for hydroxylation is 3. The van der Waals surface area contributed by atoms with E-state index in [4.69, 9.17) is 22.4 Å². The lowest BCUT2D eigenvalue weighted by Gasteiger charge is -2.34. The molecule has 0 aliphatic carbocycles. The molecule has 0 fully saturated rings. The smallest absolute Gasteiger partial charge is 0.496 e. The van der Waals surface area contributed by atoms with E-state index >= 15 is 0 Å². The van der Waals surface area contributed by atoms with E-state index in [-0.39, 0.29) is 0 Å². The van der Waals surface area contributed by atoms with Gasteiger partial charge in [-0.25, -0.2) is 4.79 Å². The fraction of sp³-hybridized carbons (Fsp3) is 0.500. The molecule has 10 heteroatoms. The average molecular weight is 725 g/mol. The number of methoxy groups -OCH3 is 1. The molecule has 48 heavy (non-hydrogen) atoms. The second-order valence-electron chi connectivity index (χ2n) is 15.7. The molecule has 0 aliphatic rings. The first-order chi connectivity index (χ1) is 22.5. The third-order valence-corrected chi connectivity index (χ3v) is 22.0. The van der Waals surface area contributed by atoms with Crippen LogP contribution in [-0.4, -0.2) is 46.5 Å². The van der Waals surface area contributed by atoms with Gasteiger partial charge < -0.3 is 22.4 Å². The van der Waals surface area contributed by atoms with Gasteiger partial charge in [0.1, 0.15) is 17.2 Å². The Morgan fingerprint density at radius 2 is 1.06 bits per heavy atom. The molecule has 0 amide bonds. The van der Waals surface area contributed by atoms with Gasteiger partial charge in [0.25, 0.3) is 0 Å². The number of ether oxygens (including phenoxy) is 3. The van der Waals surface area contributed by atoms with Crippen LogP contribution in [0, 0.1) is 0 Å². The summed E-state index contributed by atoms with van der Waals surface area (Å²) in [6.07, 6.45) is 5.16. The summed E-state index contributed by atoms with van der Waals surface area (Å²) in [5.41, 5.74) is 3.42. The molecule has 3 rings (SSSR count). The van der Waals surface area contributed by atoms with Crippen LogP contribution < -0.4 is 14.2 Å². The van der Waals surface area contributed by atoms with Crippen molar-refractivity contribution < 1.29 is 27.2 Å². The summed E-state index contributed by atoms with van der Waals surface area (Å²) in [4.78, 5) is 12.9. The Hall–Kier alpha value is -2.48. The maximum absolute atomic E-state index is 12.9. The van der Waals surface area contributed by atoms with Crippen molar-refractivity contribution in [2.45, 2.75) is 116 Å². The van der Waals surface area contributed by atoms with Gasteiger partial charge in [-0.3, -0.25) is 0 Å². The highest BCUT2D eigenvalue weighted by Gasteiger charge is 2.32. The van der Waals surface area contributed by atoms with Crippen LogP contribution >= 0.6 is 0 Å². The zero-order valence-electron chi connectivity index (χ0n) is 31.2. The zero-order valence-corrected chi connectivity index (χ0v) is 35.2. The highest BCUT2D eigenvalue weighted by atomic mass is 28.4. The summed E-state index contributed by atoms with van der Waals surface area (Å²) >= 11 is 0. The molecule has 3 aromatic rings. The van der Waals surface area contributed by atoms with Crippen LogP contribution in [0.1, 0.15) is 36.0 Å². The maximum atomic E-state index is 12.9. The Kier molecular flexibility index (Phi) is 14.9. The molecule has 0 atom stereocenters. The molecular formula is C38H60O6Si4. The summed E-state index contributed by atoms with van der Waals surface area (Å²) in [7, 11) is -5.18. The van der Waals surface area contributed by atoms with E-state index < -0.39 is 39.4 Å². The molecule has 0 radical (unpaired) electrons. The van der Waals surface area contributed by atoms with Gasteiger partial charge in [0, 0.05) is 0 Å². The third-order valence-electron chi connectivity index (χ3n) is 8.29. The maximum Gasteiger partial charge on any atom is 0.519 e. The van der Waals surface area contributed by atoms with Gasteiger partial charge in [-0.05, 0) is 157 Å². The average Bonchev–Trinajstić information content (AvgIpc) is 2.96. The molecule has 264 valence electrons. The fourth-order valence-corrected chi connectivity index (χ4v) is 23.5. The first-order valence-corrected chi connectivity index (χ1v) is 30.3. The van der Waals surface area contributed by atoms with Crippen molar-refractivity contribution in [2.75, 3.05) is 7.11 Å². The molecule has 0 bridgehead atoms. The molecule has 0 heterocycles. The van der Waals surface area contributed by atoms with Gasteiger partial charge in [0.15, 0.2) is 33.3 Å². The second-order valence-corrected chi connectivity index (χ2v) is 33.6. The fourth-order valence-electron chi connectivity index (χ4n) is 6.55. The topological polar surface area (TPSA) is 63.2 Å². The Labute approximate surface area is 295 Å². The molecule has 6 nitrogen and oxygen atoms in total. The van der Waals surface area contributed by atoms with E-state index in [0.29, 0.717) is 11.5 Å². The molecule has 0 aliphatic heterocycles. The number of carbonyl (C=O) groups is 1. The molecule has 3 aromatic carbocycles. The SMILES string of the molecule is COc1ccccc1CCC[Si](C)(C)O[Si](C)(C)CCCc1ccccc1OC(=O)Oc1cccc(CCC[Si](C)(C)O[Si](C)(C)C)c1. The van der Waals surface area contributed by atoms with Crippen molar-refractivity contribution in [3.8, 4) is 17.2 Å². The molecule has 0 unspecified atom stereocenters. The first kappa shape index (κ1) is 40.0. The molecule has 0 spiro atoms. The molecule has 0 saturated heterocycles. The Morgan fingerprint density at radius 1 is 0.562 bits per heavy atom. The largest absolute Gasteiger partial charge is 0.519 e. The lowest BCUT2D eigenvalue weighted by Crippen LogP contribution is -2.44. The predicted octanol–water partition coefficient (Wildman–Crippen LogP) is 11.3. The van der Waals surface area contributed by atoms with Gasteiger partial charge in [-0.1, -0.05) is 48.5 Å². The molecule has 0 N–H and O–H groups in total. The van der Waals surface area contributed by atoms with E-state index in [1.807, 2.05) is 48.5 Å². The van der Waals surface area contributed by atoms with Crippen molar-refractivity contribution in [3.63, 3.8) is 0 Å². The van der Waals surface area contributed by atoms with Crippen LogP contribution in [0.15, 0.2) is 72.8 Å². The third kappa shape index (κ3) is 15.0. The van der Waals surface area contributed by atoms with Crippen molar-refractivity contribution in [2.24, 2.45) is 0 Å². The number of hydrogen-bond donors (Lipinski definition) is 0. The van der Waals surface area contributed by atoms with E-state index in [9.17, 15) is 4.79 Å². The van der Waals surface area contributed by atoms with Gasteiger partial charge in [0.2, 0.25) is 0 Å². The number of hydrogen-bond acceptors (Lipinski definition) is 6. The minimum absolute atomic E-state index is 0.504. The Morgan fingerprint density at radius 3 is 1.62 bits per heavy atom. The number of para-hydroxylation sites is 2. The minimum atomic E-state index is -1.88. The van der Waals surface area contributed by atoms with Crippen LogP contribution in [0.3, 0.4) is 0 Å². The van der Waals surface area contributed by atoms with E-state index in [1.165, 1.54) is 5.56 Å². The molecule has 0 saturated carbocycles. The monoisotopic (exact) mass is 724 g/mol. The van der Waals surface area contributed by atoms with E-state index in [1.54, 1.807) is 13.2 Å². The second kappa shape index (κ2) is 18.0. The minimum Gasteiger partial charge on any atom is -0.496 e. The van der Waals surface area contributed by atoms with E-state index in [2.05, 4.69) is 77.1 Å². The number of rotatable bonds is 19. The first-order valence-electron chi connectivity index (χ1n) is 17.5. The van der Waals surface area contributed by atoms with Crippen LogP contribution in [0.2, 0.25) is 77.1 Å². The highest BCUT2D eigenvalue weighted by molar-refractivity contribution is 6.85. The van der Waals surface area contributed by atoms with Gasteiger partial charge in [-0.15, -0.1) is 0 Å². The van der Waals surface area contributed by atoms with Gasteiger partial charge >= 0.3 is 6.16 Å². The Bertz CT molecular complexity index is 1450. The summed E-state index contributed by atoms with van der Waals surface area (Å²) in [6.45, 7) is 20.8. The van der Waals surface area contributed by atoms with Crippen molar-refractivity contribution in [1.29, 1.82) is 0 Å². The zero-order chi connectivity index (χ0) is 35.4. The van der Waals surface area contributed by atoms with Crippen LogP contribution in [0.25, 0.3) is 0 Å². The lowest BCUT2D eigenvalue weighted by atomic mass is 10.1. The van der Waals surface area contributed by atoms with Gasteiger partial charge in [-0.2, -0.15) is 0 Å². The summed E-state index contributed by atoms with van der Waals surface area (Å²) < 4.78 is 30.3. The van der Waals surface area contributed by atoms with Crippen molar-refractivity contribution in [1.82, 2.24) is 0 Å². The summed E-state index contributed by atoms with van der Waals surface area (Å²) in [5.74, 6) is 2.03. The van der Waals surface area contributed by atoms with E-state index in [0.717, 1.165) is 73.5 Å². The molecular weight excluding hydrogens is 665 g/mol. The quantitative estimate of drug-likeness (QED) is 0.0697. The van der Waals surface area contributed by atoms with Crippen molar-refractivity contribution >= 4 is 39.4 Å². The standard InChI is InChI=1S/C38H60O6Si4/c1-40-36-26-13-11-21-33(36)23-17-29-47(7,8)44-48(9,10)30-18-24-34-22-12-14-27-37(34)42-38(39)41-35-25-15-19-32(31-35)20-16-28-46(5,6)43-45(2,3)4/h11-15,19,21-22,25-27,31H,16-18,20,23-24,28-30H2,1-10H3. The lowest BCUT2D eigenvalue weighted by molar-refractivity contribution is 0.151.